The molecule has 69 heavy (non-hydrogen) atoms. The lowest BCUT2D eigenvalue weighted by Gasteiger charge is -2.19. The van der Waals surface area contributed by atoms with E-state index in [1.54, 1.807) is 0 Å². The van der Waals surface area contributed by atoms with E-state index in [0.29, 0.717) is 6.42 Å². The van der Waals surface area contributed by atoms with Crippen molar-refractivity contribution in [1.29, 1.82) is 0 Å². The lowest BCUT2D eigenvalue weighted by Crippen LogP contribution is -2.29. The molecule has 3 N–H and O–H groups in total. The lowest BCUT2D eigenvalue weighted by molar-refractivity contribution is -0.161. The van der Waals surface area contributed by atoms with E-state index in [1.807, 2.05) is 0 Å². The number of nitrogens with two attached hydrogens (primary N) is 1. The number of phosphoric acid groups is 1. The topological polar surface area (TPSA) is 134 Å². The van der Waals surface area contributed by atoms with Crippen molar-refractivity contribution in [1.82, 2.24) is 0 Å². The fourth-order valence-corrected chi connectivity index (χ4v) is 9.41. The molecular weight excluding hydrogens is 882 g/mol. The van der Waals surface area contributed by atoms with Crippen LogP contribution in [-0.4, -0.2) is 49.3 Å². The molecule has 0 aromatic rings. The van der Waals surface area contributed by atoms with Crippen molar-refractivity contribution in [2.45, 2.75) is 302 Å². The average Bonchev–Trinajstić information content (AvgIpc) is 3.34. The van der Waals surface area contributed by atoms with Gasteiger partial charge in [-0.1, -0.05) is 269 Å². The molecule has 10 heteroatoms. The zero-order valence-electron chi connectivity index (χ0n) is 45.3. The fraction of sp³-hybridized carbons (Fsp3) is 0.864. The number of ether oxygens (including phenoxy) is 2. The molecule has 0 aliphatic rings. The molecule has 0 aliphatic carbocycles. The number of hydrogen-bond donors (Lipinski definition) is 2. The van der Waals surface area contributed by atoms with Crippen molar-refractivity contribution in [3.63, 3.8) is 0 Å². The highest BCUT2D eigenvalue weighted by atomic mass is 31.2. The third-order valence-corrected chi connectivity index (χ3v) is 14.0. The summed E-state index contributed by atoms with van der Waals surface area (Å²) in [6.07, 6.45) is 66.3. The minimum absolute atomic E-state index is 0.0530. The Morgan fingerprint density at radius 2 is 0.754 bits per heavy atom. The number of carbonyl (C=O) groups is 2. The fourth-order valence-electron chi connectivity index (χ4n) is 8.65. The number of phosphoric ester groups is 1. The van der Waals surface area contributed by atoms with E-state index in [9.17, 15) is 19.0 Å². The molecule has 0 aromatic heterocycles. The Bertz CT molecular complexity index is 1220. The first kappa shape index (κ1) is 67.2. The molecule has 0 bridgehead atoms. The van der Waals surface area contributed by atoms with Crippen LogP contribution in [0.3, 0.4) is 0 Å². The van der Waals surface area contributed by atoms with Gasteiger partial charge in [0.2, 0.25) is 0 Å². The van der Waals surface area contributed by atoms with E-state index in [4.69, 9.17) is 24.3 Å². The monoisotopic (exact) mass is 994 g/mol. The highest BCUT2D eigenvalue weighted by molar-refractivity contribution is 7.47. The Balaban J connectivity index is 3.95. The van der Waals surface area contributed by atoms with Crippen molar-refractivity contribution in [2.24, 2.45) is 5.73 Å². The predicted molar refractivity (Wildman–Crippen MR) is 294 cm³/mol. The van der Waals surface area contributed by atoms with Crippen LogP contribution in [0.5, 0.6) is 0 Å². The van der Waals surface area contributed by atoms with Crippen LogP contribution in [0, 0.1) is 0 Å². The molecule has 0 saturated heterocycles. The molecule has 0 aromatic carbocycles. The van der Waals surface area contributed by atoms with Gasteiger partial charge < -0.3 is 20.1 Å². The lowest BCUT2D eigenvalue weighted by atomic mass is 10.0. The van der Waals surface area contributed by atoms with Crippen LogP contribution in [0.15, 0.2) is 36.5 Å². The second-order valence-electron chi connectivity index (χ2n) is 19.9. The average molecular weight is 995 g/mol. The third kappa shape index (κ3) is 55.4. The summed E-state index contributed by atoms with van der Waals surface area (Å²) >= 11 is 0. The van der Waals surface area contributed by atoms with Crippen LogP contribution in [0.4, 0.5) is 0 Å². The van der Waals surface area contributed by atoms with Gasteiger partial charge >= 0.3 is 19.8 Å². The second kappa shape index (κ2) is 55.5. The molecule has 2 atom stereocenters. The van der Waals surface area contributed by atoms with Crippen LogP contribution in [0.2, 0.25) is 0 Å². The maximum atomic E-state index is 12.7. The van der Waals surface area contributed by atoms with Crippen molar-refractivity contribution in [3.05, 3.63) is 36.5 Å². The van der Waals surface area contributed by atoms with Crippen LogP contribution in [0.25, 0.3) is 0 Å². The molecule has 0 spiro atoms. The summed E-state index contributed by atoms with van der Waals surface area (Å²) in [5.41, 5.74) is 5.38. The summed E-state index contributed by atoms with van der Waals surface area (Å²) in [4.78, 5) is 35.2. The van der Waals surface area contributed by atoms with Gasteiger partial charge in [-0.3, -0.25) is 18.6 Å². The van der Waals surface area contributed by atoms with Crippen molar-refractivity contribution in [3.8, 4) is 0 Å². The molecule has 0 fully saturated rings. The highest BCUT2D eigenvalue weighted by Gasteiger charge is 2.26. The largest absolute Gasteiger partial charge is 0.472 e. The molecule has 406 valence electrons. The Kier molecular flexibility index (Phi) is 54.1. The van der Waals surface area contributed by atoms with E-state index >= 15 is 0 Å². The van der Waals surface area contributed by atoms with Crippen LogP contribution in [-0.2, 0) is 32.7 Å². The van der Waals surface area contributed by atoms with Crippen LogP contribution < -0.4 is 5.73 Å². The zero-order valence-corrected chi connectivity index (χ0v) is 46.2. The molecule has 9 nitrogen and oxygen atoms in total. The van der Waals surface area contributed by atoms with Gasteiger partial charge in [-0.25, -0.2) is 4.57 Å². The summed E-state index contributed by atoms with van der Waals surface area (Å²) in [6, 6.07) is 0. The molecule has 2 unspecified atom stereocenters. The van der Waals surface area contributed by atoms with Gasteiger partial charge in [0, 0.05) is 19.4 Å². The zero-order chi connectivity index (χ0) is 50.2. The predicted octanol–water partition coefficient (Wildman–Crippen LogP) is 18.4. The molecule has 0 rings (SSSR count). The third-order valence-electron chi connectivity index (χ3n) is 13.0. The van der Waals surface area contributed by atoms with Gasteiger partial charge in [0.15, 0.2) is 6.10 Å². The van der Waals surface area contributed by atoms with E-state index in [-0.39, 0.29) is 38.6 Å². The van der Waals surface area contributed by atoms with E-state index < -0.39 is 26.5 Å². The van der Waals surface area contributed by atoms with Crippen LogP contribution >= 0.6 is 7.82 Å². The van der Waals surface area contributed by atoms with Crippen molar-refractivity contribution >= 4 is 19.8 Å². The Hall–Kier alpha value is -1.77. The Labute approximate surface area is 426 Å². The van der Waals surface area contributed by atoms with E-state index in [2.05, 4.69) is 50.3 Å². The number of allylic oxidation sites excluding steroid dienone is 6. The van der Waals surface area contributed by atoms with E-state index in [0.717, 1.165) is 57.8 Å². The number of esters is 2. The van der Waals surface area contributed by atoms with Gasteiger partial charge in [-0.05, 0) is 51.4 Å². The van der Waals surface area contributed by atoms with Crippen molar-refractivity contribution < 1.29 is 37.6 Å². The maximum Gasteiger partial charge on any atom is 0.472 e. The molecule has 0 radical (unpaired) electrons. The summed E-state index contributed by atoms with van der Waals surface area (Å²) in [6.45, 7) is 3.77. The van der Waals surface area contributed by atoms with E-state index in [1.165, 1.54) is 205 Å². The minimum Gasteiger partial charge on any atom is -0.462 e. The van der Waals surface area contributed by atoms with Crippen molar-refractivity contribution in [2.75, 3.05) is 26.4 Å². The summed E-state index contributed by atoms with van der Waals surface area (Å²) in [5.74, 6) is -0.821. The first-order valence-electron chi connectivity index (χ1n) is 29.5. The molecule has 0 amide bonds. The second-order valence-corrected chi connectivity index (χ2v) is 21.3. The number of unbranched alkanes of at least 4 members (excludes halogenated alkanes) is 37. The standard InChI is InChI=1S/C59H112NO8P/c1-3-5-7-9-11-13-15-17-19-21-23-25-27-28-30-31-33-35-37-39-41-43-45-47-49-51-58(61)65-55-57(56-67-69(63,64)66-54-53-60)68-59(62)52-50-48-46-44-42-40-38-36-34-32-29-26-24-22-20-18-16-14-12-10-8-6-4-2/h16,18,22,24,29,32,57H,3-15,17,19-21,23,25-28,30-31,33-56,60H2,1-2H3,(H,63,64)/b18-16-,24-22-,32-29-. The minimum atomic E-state index is -4.39. The first-order chi connectivity index (χ1) is 33.8. The number of rotatable bonds is 56. The smallest absolute Gasteiger partial charge is 0.462 e. The molecule has 0 heterocycles. The number of carbonyl (C=O) groups excluding carboxylic acids is 2. The SMILES string of the molecule is CCCCCCC/C=C\C/C=C\C/C=C\CCCCCCCCCCC(=O)OC(COC(=O)CCCCCCCCCCCCCCCCCCCCCCCCCCC)COP(=O)(O)OCCN. The number of hydrogen-bond acceptors (Lipinski definition) is 8. The normalized spacial score (nSPS) is 13.3. The first-order valence-corrected chi connectivity index (χ1v) is 31.0. The maximum absolute atomic E-state index is 12.7. The van der Waals surface area contributed by atoms with Crippen LogP contribution in [0.1, 0.15) is 296 Å². The van der Waals surface area contributed by atoms with Gasteiger partial charge in [-0.2, -0.15) is 0 Å². The van der Waals surface area contributed by atoms with Gasteiger partial charge in [0.1, 0.15) is 6.61 Å². The summed E-state index contributed by atoms with van der Waals surface area (Å²) < 4.78 is 33.0. The van der Waals surface area contributed by atoms with Gasteiger partial charge in [-0.15, -0.1) is 0 Å². The Morgan fingerprint density at radius 3 is 1.12 bits per heavy atom. The summed E-state index contributed by atoms with van der Waals surface area (Å²) in [7, 11) is -4.39. The highest BCUT2D eigenvalue weighted by Crippen LogP contribution is 2.43. The molecule has 0 saturated carbocycles. The quantitative estimate of drug-likeness (QED) is 0.0264. The summed E-state index contributed by atoms with van der Waals surface area (Å²) in [5, 5.41) is 0. The molecule has 0 aliphatic heterocycles. The van der Waals surface area contributed by atoms with Gasteiger partial charge in [0.25, 0.3) is 0 Å². The van der Waals surface area contributed by atoms with Gasteiger partial charge in [0.05, 0.1) is 13.2 Å². The Morgan fingerprint density at radius 1 is 0.435 bits per heavy atom. The molecular formula is C59H112NO8P.